The highest BCUT2D eigenvalue weighted by Gasteiger charge is 2.07. The van der Waals surface area contributed by atoms with Crippen LogP contribution in [0.5, 0.6) is 0 Å². The lowest BCUT2D eigenvalue weighted by molar-refractivity contribution is 1.11. The smallest absolute Gasteiger partial charge is 0.189 e. The van der Waals surface area contributed by atoms with Crippen molar-refractivity contribution in [3.8, 4) is 17.2 Å². The summed E-state index contributed by atoms with van der Waals surface area (Å²) >= 11 is 0. The van der Waals surface area contributed by atoms with Crippen LogP contribution in [0.1, 0.15) is 17.0 Å². The molecule has 1 N–H and O–H groups in total. The maximum atomic E-state index is 11.9. The van der Waals surface area contributed by atoms with Gasteiger partial charge in [0.25, 0.3) is 0 Å². The van der Waals surface area contributed by atoms with Crippen molar-refractivity contribution >= 4 is 0 Å². The van der Waals surface area contributed by atoms with Crippen molar-refractivity contribution in [2.45, 2.75) is 13.8 Å². The van der Waals surface area contributed by atoms with E-state index < -0.39 is 0 Å². The van der Waals surface area contributed by atoms with Crippen LogP contribution in [0.4, 0.5) is 0 Å². The number of aryl methyl sites for hydroxylation is 2. The summed E-state index contributed by atoms with van der Waals surface area (Å²) in [7, 11) is 0. The summed E-state index contributed by atoms with van der Waals surface area (Å²) in [4.78, 5) is 15.1. The normalized spacial score (nSPS) is 9.94. The number of benzene rings is 1. The van der Waals surface area contributed by atoms with Crippen LogP contribution in [0.2, 0.25) is 0 Å². The topological polar surface area (TPSA) is 56.6 Å². The summed E-state index contributed by atoms with van der Waals surface area (Å²) in [6, 6.07) is 10.7. The van der Waals surface area contributed by atoms with Crippen LogP contribution in [-0.4, -0.2) is 4.98 Å². The number of aromatic amines is 1. The molecule has 0 saturated heterocycles. The van der Waals surface area contributed by atoms with Crippen molar-refractivity contribution < 1.29 is 0 Å². The Labute approximate surface area is 99.4 Å². The number of hydrogen-bond acceptors (Lipinski definition) is 2. The third-order valence-corrected chi connectivity index (χ3v) is 2.66. The standard InChI is InChI=1S/C14H12N2O/c1-9-7-13(17)14(10(2)16-9)12-5-3-11(8-15)4-6-12/h3-7H,1-2H3,(H,16,17). The van der Waals surface area contributed by atoms with Gasteiger partial charge in [-0.25, -0.2) is 0 Å². The molecule has 0 unspecified atom stereocenters. The van der Waals surface area contributed by atoms with E-state index in [4.69, 9.17) is 5.26 Å². The molecule has 2 rings (SSSR count). The van der Waals surface area contributed by atoms with Crippen molar-refractivity contribution in [1.29, 1.82) is 5.26 Å². The molecule has 0 radical (unpaired) electrons. The van der Waals surface area contributed by atoms with Gasteiger partial charge in [-0.05, 0) is 31.5 Å². The van der Waals surface area contributed by atoms with Gasteiger partial charge in [0, 0.05) is 23.0 Å². The van der Waals surface area contributed by atoms with Crippen molar-refractivity contribution in [2.75, 3.05) is 0 Å². The first-order valence-electron chi connectivity index (χ1n) is 5.33. The fourth-order valence-corrected chi connectivity index (χ4v) is 1.92. The summed E-state index contributed by atoms with van der Waals surface area (Å²) in [5.41, 5.74) is 3.80. The van der Waals surface area contributed by atoms with E-state index in [-0.39, 0.29) is 5.43 Å². The Hall–Kier alpha value is -2.34. The van der Waals surface area contributed by atoms with Crippen LogP contribution in [-0.2, 0) is 0 Å². The molecule has 0 aliphatic carbocycles. The number of nitrogens with one attached hydrogen (secondary N) is 1. The minimum Gasteiger partial charge on any atom is -0.362 e. The van der Waals surface area contributed by atoms with Gasteiger partial charge in [0.1, 0.15) is 0 Å². The number of nitrogens with zero attached hydrogens (tertiary/aromatic N) is 1. The lowest BCUT2D eigenvalue weighted by Crippen LogP contribution is -2.08. The van der Waals surface area contributed by atoms with E-state index in [2.05, 4.69) is 11.1 Å². The molecule has 1 aromatic carbocycles. The molecule has 3 nitrogen and oxygen atoms in total. The fourth-order valence-electron chi connectivity index (χ4n) is 1.92. The van der Waals surface area contributed by atoms with E-state index in [0.717, 1.165) is 17.0 Å². The number of rotatable bonds is 1. The number of pyridine rings is 1. The van der Waals surface area contributed by atoms with E-state index >= 15 is 0 Å². The summed E-state index contributed by atoms with van der Waals surface area (Å²) in [5, 5.41) is 8.73. The molecular weight excluding hydrogens is 212 g/mol. The highest BCUT2D eigenvalue weighted by atomic mass is 16.1. The number of hydrogen-bond donors (Lipinski definition) is 1. The molecule has 17 heavy (non-hydrogen) atoms. The Morgan fingerprint density at radius 1 is 1.18 bits per heavy atom. The van der Waals surface area contributed by atoms with Gasteiger partial charge in [0.15, 0.2) is 5.43 Å². The maximum Gasteiger partial charge on any atom is 0.189 e. The second-order valence-electron chi connectivity index (χ2n) is 4.01. The van der Waals surface area contributed by atoms with Crippen LogP contribution >= 0.6 is 0 Å². The van der Waals surface area contributed by atoms with Crippen LogP contribution in [0.25, 0.3) is 11.1 Å². The van der Waals surface area contributed by atoms with Crippen LogP contribution in [0, 0.1) is 25.2 Å². The molecule has 1 heterocycles. The van der Waals surface area contributed by atoms with Crippen molar-refractivity contribution in [3.63, 3.8) is 0 Å². The van der Waals surface area contributed by atoms with Gasteiger partial charge < -0.3 is 4.98 Å². The second-order valence-corrected chi connectivity index (χ2v) is 4.01. The van der Waals surface area contributed by atoms with Gasteiger partial charge in [-0.2, -0.15) is 5.26 Å². The van der Waals surface area contributed by atoms with E-state index in [1.807, 2.05) is 13.8 Å². The van der Waals surface area contributed by atoms with Crippen molar-refractivity contribution in [3.05, 3.63) is 57.5 Å². The first kappa shape index (κ1) is 11.2. The Morgan fingerprint density at radius 2 is 1.82 bits per heavy atom. The highest BCUT2D eigenvalue weighted by molar-refractivity contribution is 5.66. The molecule has 0 bridgehead atoms. The highest BCUT2D eigenvalue weighted by Crippen LogP contribution is 2.18. The summed E-state index contributed by atoms with van der Waals surface area (Å²) in [6.45, 7) is 3.74. The van der Waals surface area contributed by atoms with E-state index in [1.165, 1.54) is 0 Å². The molecule has 84 valence electrons. The summed E-state index contributed by atoms with van der Waals surface area (Å²) in [6.07, 6.45) is 0. The molecule has 3 heteroatoms. The van der Waals surface area contributed by atoms with Crippen LogP contribution in [0.15, 0.2) is 35.1 Å². The average molecular weight is 224 g/mol. The van der Waals surface area contributed by atoms with E-state index in [0.29, 0.717) is 11.1 Å². The predicted molar refractivity (Wildman–Crippen MR) is 66.7 cm³/mol. The Bertz CT molecular complexity index is 645. The lowest BCUT2D eigenvalue weighted by atomic mass is 10.0. The van der Waals surface area contributed by atoms with Gasteiger partial charge in [-0.15, -0.1) is 0 Å². The third-order valence-electron chi connectivity index (χ3n) is 2.66. The van der Waals surface area contributed by atoms with Crippen LogP contribution < -0.4 is 5.43 Å². The van der Waals surface area contributed by atoms with Crippen molar-refractivity contribution in [1.82, 2.24) is 4.98 Å². The molecule has 0 amide bonds. The average Bonchev–Trinajstić information content (AvgIpc) is 2.28. The molecule has 0 fully saturated rings. The summed E-state index contributed by atoms with van der Waals surface area (Å²) < 4.78 is 0. The molecule has 0 atom stereocenters. The minimum absolute atomic E-state index is 0.00320. The lowest BCUT2D eigenvalue weighted by Gasteiger charge is -2.06. The van der Waals surface area contributed by atoms with Crippen molar-refractivity contribution in [2.24, 2.45) is 0 Å². The van der Waals surface area contributed by atoms with Gasteiger partial charge in [-0.1, -0.05) is 12.1 Å². The monoisotopic (exact) mass is 224 g/mol. The van der Waals surface area contributed by atoms with Gasteiger partial charge in [0.05, 0.1) is 11.6 Å². The molecule has 0 spiro atoms. The van der Waals surface area contributed by atoms with Crippen LogP contribution in [0.3, 0.4) is 0 Å². The first-order chi connectivity index (χ1) is 8.11. The zero-order valence-electron chi connectivity index (χ0n) is 9.74. The van der Waals surface area contributed by atoms with Gasteiger partial charge in [-0.3, -0.25) is 4.79 Å². The number of H-pyrrole nitrogens is 1. The molecule has 1 aromatic heterocycles. The zero-order chi connectivity index (χ0) is 12.4. The predicted octanol–water partition coefficient (Wildman–Crippen LogP) is 2.53. The summed E-state index contributed by atoms with van der Waals surface area (Å²) in [5.74, 6) is 0. The zero-order valence-corrected chi connectivity index (χ0v) is 9.74. The SMILES string of the molecule is Cc1cc(=O)c(-c2ccc(C#N)cc2)c(C)[nH]1. The molecule has 2 aromatic rings. The third kappa shape index (κ3) is 2.11. The molecular formula is C14H12N2O. The Morgan fingerprint density at radius 3 is 2.35 bits per heavy atom. The number of nitriles is 1. The van der Waals surface area contributed by atoms with E-state index in [1.54, 1.807) is 30.3 Å². The largest absolute Gasteiger partial charge is 0.362 e. The fraction of sp³-hybridized carbons (Fsp3) is 0.143. The second kappa shape index (κ2) is 4.26. The quantitative estimate of drug-likeness (QED) is 0.809. The van der Waals surface area contributed by atoms with Gasteiger partial charge >= 0.3 is 0 Å². The molecule has 0 aliphatic rings. The molecule has 0 aliphatic heterocycles. The first-order valence-corrected chi connectivity index (χ1v) is 5.33. The maximum absolute atomic E-state index is 11.9. The number of aromatic nitrogens is 1. The Balaban J connectivity index is 2.61. The minimum atomic E-state index is 0.00320. The van der Waals surface area contributed by atoms with Gasteiger partial charge in [0.2, 0.25) is 0 Å². The van der Waals surface area contributed by atoms with E-state index in [9.17, 15) is 4.79 Å². The Kier molecular flexibility index (Phi) is 2.80. The molecule has 0 saturated carbocycles.